The number of nitrogens with one attached hydrogen (secondary N) is 1. The van der Waals surface area contributed by atoms with Crippen molar-refractivity contribution in [3.8, 4) is 0 Å². The van der Waals surface area contributed by atoms with E-state index in [1.165, 1.54) is 0 Å². The molecule has 2 atom stereocenters. The standard InChI is InChI=1S/C13H15F4NO/c1-6-3-8(4-7(2)19-6)18-13-11(16)9(14)5-10(15)12(13)17/h5-8,18H,3-4H2,1-2H3. The fourth-order valence-corrected chi connectivity index (χ4v) is 2.43. The lowest BCUT2D eigenvalue weighted by Gasteiger charge is -2.33. The highest BCUT2D eigenvalue weighted by molar-refractivity contribution is 5.48. The molecule has 0 saturated carbocycles. The molecule has 0 aliphatic carbocycles. The van der Waals surface area contributed by atoms with Crippen molar-refractivity contribution >= 4 is 5.69 Å². The van der Waals surface area contributed by atoms with Crippen LogP contribution in [0.25, 0.3) is 0 Å². The Labute approximate surface area is 108 Å². The first-order valence-electron chi connectivity index (χ1n) is 6.13. The van der Waals surface area contributed by atoms with Gasteiger partial charge in [-0.1, -0.05) is 0 Å². The molecule has 19 heavy (non-hydrogen) atoms. The number of benzene rings is 1. The van der Waals surface area contributed by atoms with E-state index in [0.717, 1.165) is 0 Å². The van der Waals surface area contributed by atoms with Crippen LogP contribution in [-0.2, 0) is 4.74 Å². The number of ether oxygens (including phenoxy) is 1. The van der Waals surface area contributed by atoms with Crippen LogP contribution in [0.5, 0.6) is 0 Å². The quantitative estimate of drug-likeness (QED) is 0.658. The molecule has 2 unspecified atom stereocenters. The summed E-state index contributed by atoms with van der Waals surface area (Å²) in [6.45, 7) is 3.67. The summed E-state index contributed by atoms with van der Waals surface area (Å²) >= 11 is 0. The van der Waals surface area contributed by atoms with Gasteiger partial charge in [-0.05, 0) is 26.7 Å². The van der Waals surface area contributed by atoms with Crippen molar-refractivity contribution < 1.29 is 22.3 Å². The lowest BCUT2D eigenvalue weighted by molar-refractivity contribution is -0.0338. The van der Waals surface area contributed by atoms with Gasteiger partial charge >= 0.3 is 0 Å². The van der Waals surface area contributed by atoms with Crippen LogP contribution in [0.1, 0.15) is 26.7 Å². The Hall–Kier alpha value is -1.30. The highest BCUT2D eigenvalue weighted by Crippen LogP contribution is 2.28. The SMILES string of the molecule is CC1CC(Nc2c(F)c(F)cc(F)c2F)CC(C)O1. The maximum atomic E-state index is 13.5. The normalized spacial score (nSPS) is 27.4. The molecule has 0 amide bonds. The van der Waals surface area contributed by atoms with E-state index in [1.54, 1.807) is 0 Å². The molecule has 6 heteroatoms. The van der Waals surface area contributed by atoms with Gasteiger partial charge in [0.1, 0.15) is 5.69 Å². The van der Waals surface area contributed by atoms with E-state index >= 15 is 0 Å². The van der Waals surface area contributed by atoms with Gasteiger partial charge in [0.05, 0.1) is 12.2 Å². The summed E-state index contributed by atoms with van der Waals surface area (Å²) in [4.78, 5) is 0. The fraction of sp³-hybridized carbons (Fsp3) is 0.538. The molecule has 1 aliphatic heterocycles. The third kappa shape index (κ3) is 3.00. The van der Waals surface area contributed by atoms with E-state index in [-0.39, 0.29) is 24.3 Å². The second kappa shape index (κ2) is 5.36. The zero-order chi connectivity index (χ0) is 14.2. The predicted molar refractivity (Wildman–Crippen MR) is 62.9 cm³/mol. The molecule has 1 aromatic carbocycles. The highest BCUT2D eigenvalue weighted by Gasteiger charge is 2.27. The van der Waals surface area contributed by atoms with Crippen LogP contribution in [0.4, 0.5) is 23.2 Å². The number of hydrogen-bond donors (Lipinski definition) is 1. The number of halogens is 4. The van der Waals surface area contributed by atoms with E-state index in [1.807, 2.05) is 13.8 Å². The Kier molecular flexibility index (Phi) is 3.99. The number of hydrogen-bond acceptors (Lipinski definition) is 2. The lowest BCUT2D eigenvalue weighted by atomic mass is 9.99. The van der Waals surface area contributed by atoms with Crippen LogP contribution < -0.4 is 5.32 Å². The Morgan fingerprint density at radius 3 is 1.95 bits per heavy atom. The zero-order valence-corrected chi connectivity index (χ0v) is 10.6. The predicted octanol–water partition coefficient (Wildman–Crippen LogP) is 3.61. The minimum absolute atomic E-state index is 0.0780. The van der Waals surface area contributed by atoms with Crippen LogP contribution in [0.3, 0.4) is 0 Å². The molecule has 1 saturated heterocycles. The van der Waals surface area contributed by atoms with Gasteiger partial charge in [-0.25, -0.2) is 17.6 Å². The van der Waals surface area contributed by atoms with Gasteiger partial charge in [-0.15, -0.1) is 0 Å². The largest absolute Gasteiger partial charge is 0.377 e. The maximum Gasteiger partial charge on any atom is 0.185 e. The van der Waals surface area contributed by atoms with Crippen molar-refractivity contribution in [3.05, 3.63) is 29.3 Å². The average Bonchev–Trinajstić information content (AvgIpc) is 2.31. The molecule has 106 valence electrons. The molecular formula is C13H15F4NO. The summed E-state index contributed by atoms with van der Waals surface area (Å²) in [5.41, 5.74) is -0.746. The molecule has 0 spiro atoms. The first kappa shape index (κ1) is 14.1. The molecule has 1 aliphatic rings. The third-order valence-electron chi connectivity index (χ3n) is 3.16. The van der Waals surface area contributed by atoms with E-state index in [4.69, 9.17) is 4.74 Å². The van der Waals surface area contributed by atoms with Gasteiger partial charge in [-0.3, -0.25) is 0 Å². The van der Waals surface area contributed by atoms with E-state index in [9.17, 15) is 17.6 Å². The second-order valence-electron chi connectivity index (χ2n) is 4.91. The molecule has 2 rings (SSSR count). The highest BCUT2D eigenvalue weighted by atomic mass is 19.2. The van der Waals surface area contributed by atoms with Crippen LogP contribution in [-0.4, -0.2) is 18.2 Å². The topological polar surface area (TPSA) is 21.3 Å². The summed E-state index contributed by atoms with van der Waals surface area (Å²) in [6.07, 6.45) is 0.874. The van der Waals surface area contributed by atoms with Crippen molar-refractivity contribution in [1.29, 1.82) is 0 Å². The van der Waals surface area contributed by atoms with Crippen LogP contribution in [0.2, 0.25) is 0 Å². The smallest absolute Gasteiger partial charge is 0.185 e. The average molecular weight is 277 g/mol. The molecule has 1 aromatic rings. The van der Waals surface area contributed by atoms with Gasteiger partial charge in [0.15, 0.2) is 23.3 Å². The fourth-order valence-electron chi connectivity index (χ4n) is 2.43. The molecule has 1 heterocycles. The Morgan fingerprint density at radius 2 is 1.47 bits per heavy atom. The van der Waals surface area contributed by atoms with E-state index in [2.05, 4.69) is 5.32 Å². The van der Waals surface area contributed by atoms with Gasteiger partial charge in [0.2, 0.25) is 0 Å². The Balaban J connectivity index is 2.23. The van der Waals surface area contributed by atoms with Crippen LogP contribution in [0, 0.1) is 23.3 Å². The second-order valence-corrected chi connectivity index (χ2v) is 4.91. The van der Waals surface area contributed by atoms with Gasteiger partial charge in [0.25, 0.3) is 0 Å². The van der Waals surface area contributed by atoms with Crippen LogP contribution >= 0.6 is 0 Å². The Bertz CT molecular complexity index is 444. The molecule has 0 aromatic heterocycles. The minimum Gasteiger partial charge on any atom is -0.377 e. The molecule has 1 N–H and O–H groups in total. The summed E-state index contributed by atoms with van der Waals surface area (Å²) in [6, 6.07) is -0.0885. The third-order valence-corrected chi connectivity index (χ3v) is 3.16. The zero-order valence-electron chi connectivity index (χ0n) is 10.6. The molecule has 0 radical (unpaired) electrons. The van der Waals surface area contributed by atoms with E-state index < -0.39 is 29.0 Å². The molecule has 1 fully saturated rings. The maximum absolute atomic E-state index is 13.5. The monoisotopic (exact) mass is 277 g/mol. The van der Waals surface area contributed by atoms with Crippen molar-refractivity contribution in [2.24, 2.45) is 0 Å². The summed E-state index contributed by atoms with van der Waals surface area (Å²) in [7, 11) is 0. The minimum atomic E-state index is -1.41. The van der Waals surface area contributed by atoms with Gasteiger partial charge in [-0.2, -0.15) is 0 Å². The van der Waals surface area contributed by atoms with Gasteiger partial charge in [0, 0.05) is 12.1 Å². The number of anilines is 1. The lowest BCUT2D eigenvalue weighted by Crippen LogP contribution is -2.37. The van der Waals surface area contributed by atoms with E-state index in [0.29, 0.717) is 12.8 Å². The van der Waals surface area contributed by atoms with Crippen LogP contribution in [0.15, 0.2) is 6.07 Å². The molecule has 2 nitrogen and oxygen atoms in total. The summed E-state index contributed by atoms with van der Waals surface area (Å²) in [5.74, 6) is -5.61. The van der Waals surface area contributed by atoms with Crippen molar-refractivity contribution in [2.75, 3.05) is 5.32 Å². The van der Waals surface area contributed by atoms with Gasteiger partial charge < -0.3 is 10.1 Å². The van der Waals surface area contributed by atoms with Crippen molar-refractivity contribution in [1.82, 2.24) is 0 Å². The molecular weight excluding hydrogens is 262 g/mol. The number of rotatable bonds is 2. The first-order valence-corrected chi connectivity index (χ1v) is 6.13. The van der Waals surface area contributed by atoms with Crippen molar-refractivity contribution in [2.45, 2.75) is 44.9 Å². The summed E-state index contributed by atoms with van der Waals surface area (Å²) < 4.78 is 58.7. The first-order chi connectivity index (χ1) is 8.88. The Morgan fingerprint density at radius 1 is 1.00 bits per heavy atom. The summed E-state index contributed by atoms with van der Waals surface area (Å²) in [5, 5.41) is 2.55. The van der Waals surface area contributed by atoms with Crippen molar-refractivity contribution in [3.63, 3.8) is 0 Å². The molecule has 0 bridgehead atoms.